The number of nitrogens with zero attached hydrogens (tertiary/aromatic N) is 4. The zero-order chi connectivity index (χ0) is 20.8. The Kier molecular flexibility index (Phi) is 6.61. The smallest absolute Gasteiger partial charge is 0.130 e. The molecule has 3 aromatic rings. The van der Waals surface area contributed by atoms with Gasteiger partial charge in [-0.25, -0.2) is 14.4 Å². The molecular formula is C23H26FN5O. The summed E-state index contributed by atoms with van der Waals surface area (Å²) in [6.45, 7) is 7.46. The van der Waals surface area contributed by atoms with Crippen LogP contribution in [0.4, 0.5) is 10.2 Å². The number of ether oxygens (including phenoxy) is 1. The molecule has 1 aliphatic heterocycles. The van der Waals surface area contributed by atoms with Gasteiger partial charge in [0, 0.05) is 49.2 Å². The van der Waals surface area contributed by atoms with Crippen molar-refractivity contribution in [2.24, 2.45) is 0 Å². The fourth-order valence-corrected chi connectivity index (χ4v) is 3.53. The maximum absolute atomic E-state index is 13.2. The Balaban J connectivity index is 1.43. The predicted octanol–water partition coefficient (Wildman–Crippen LogP) is 3.79. The minimum Gasteiger partial charge on any atom is -0.379 e. The second-order valence-corrected chi connectivity index (χ2v) is 7.39. The molecule has 3 heterocycles. The summed E-state index contributed by atoms with van der Waals surface area (Å²) in [6, 6.07) is 10.4. The molecule has 0 radical (unpaired) electrons. The van der Waals surface area contributed by atoms with Crippen LogP contribution in [0.3, 0.4) is 0 Å². The van der Waals surface area contributed by atoms with Gasteiger partial charge in [-0.2, -0.15) is 0 Å². The first-order valence-corrected chi connectivity index (χ1v) is 10.3. The highest BCUT2D eigenvalue weighted by Crippen LogP contribution is 2.25. The Bertz CT molecular complexity index is 974. The summed E-state index contributed by atoms with van der Waals surface area (Å²) in [5, 5.41) is 3.42. The molecule has 1 fully saturated rings. The number of aromatic nitrogens is 3. The topological polar surface area (TPSA) is 63.2 Å². The molecular weight excluding hydrogens is 381 g/mol. The van der Waals surface area contributed by atoms with Gasteiger partial charge < -0.3 is 10.1 Å². The highest BCUT2D eigenvalue weighted by Gasteiger charge is 2.10. The van der Waals surface area contributed by atoms with Crippen molar-refractivity contribution >= 4 is 5.82 Å². The van der Waals surface area contributed by atoms with Gasteiger partial charge in [0.1, 0.15) is 17.5 Å². The van der Waals surface area contributed by atoms with Gasteiger partial charge in [0.2, 0.25) is 0 Å². The van der Waals surface area contributed by atoms with Gasteiger partial charge in [-0.3, -0.25) is 9.88 Å². The van der Waals surface area contributed by atoms with Gasteiger partial charge in [0.05, 0.1) is 18.9 Å². The van der Waals surface area contributed by atoms with Crippen LogP contribution in [0.2, 0.25) is 0 Å². The number of pyridine rings is 1. The molecule has 0 aliphatic carbocycles. The van der Waals surface area contributed by atoms with Crippen molar-refractivity contribution in [1.29, 1.82) is 0 Å². The molecule has 0 saturated carbocycles. The summed E-state index contributed by atoms with van der Waals surface area (Å²) in [4.78, 5) is 15.9. The summed E-state index contributed by atoms with van der Waals surface area (Å²) >= 11 is 0. The van der Waals surface area contributed by atoms with E-state index in [2.05, 4.69) is 25.2 Å². The second kappa shape index (κ2) is 9.73. The number of anilines is 1. The van der Waals surface area contributed by atoms with Crippen molar-refractivity contribution in [3.8, 4) is 22.4 Å². The van der Waals surface area contributed by atoms with E-state index < -0.39 is 0 Å². The number of halogens is 1. The summed E-state index contributed by atoms with van der Waals surface area (Å²) in [7, 11) is 0. The zero-order valence-corrected chi connectivity index (χ0v) is 17.1. The summed E-state index contributed by atoms with van der Waals surface area (Å²) in [5.74, 6) is 1.26. The van der Waals surface area contributed by atoms with Gasteiger partial charge in [0.15, 0.2) is 0 Å². The quantitative estimate of drug-likeness (QED) is 0.602. The molecule has 1 aromatic carbocycles. The normalized spacial score (nSPS) is 14.6. The maximum atomic E-state index is 13.2. The first-order valence-electron chi connectivity index (χ1n) is 10.3. The molecule has 0 atom stereocenters. The van der Waals surface area contributed by atoms with E-state index in [9.17, 15) is 4.39 Å². The molecule has 7 heteroatoms. The van der Waals surface area contributed by atoms with E-state index in [0.29, 0.717) is 5.82 Å². The van der Waals surface area contributed by atoms with Crippen molar-refractivity contribution in [1.82, 2.24) is 19.9 Å². The number of nitrogens with one attached hydrogen (secondary N) is 1. The first-order chi connectivity index (χ1) is 14.7. The Labute approximate surface area is 176 Å². The Morgan fingerprint density at radius 2 is 1.77 bits per heavy atom. The van der Waals surface area contributed by atoms with Crippen LogP contribution >= 0.6 is 0 Å². The molecule has 1 aliphatic rings. The zero-order valence-electron chi connectivity index (χ0n) is 17.1. The summed E-state index contributed by atoms with van der Waals surface area (Å²) in [5.41, 5.74) is 3.55. The molecule has 156 valence electrons. The van der Waals surface area contributed by atoms with Crippen LogP contribution in [0, 0.1) is 12.7 Å². The maximum Gasteiger partial charge on any atom is 0.130 e. The molecule has 6 nitrogen and oxygen atoms in total. The molecule has 1 saturated heterocycles. The third-order valence-corrected chi connectivity index (χ3v) is 5.11. The molecule has 2 aromatic heterocycles. The Hall–Kier alpha value is -2.90. The van der Waals surface area contributed by atoms with Crippen LogP contribution < -0.4 is 5.32 Å². The van der Waals surface area contributed by atoms with Crippen molar-refractivity contribution in [3.05, 3.63) is 60.4 Å². The first kappa shape index (κ1) is 20.4. The standard InChI is InChI=1S/C23H26FN5O/c1-17-27-22(14-23(28-17)26-7-2-8-29-9-11-30-12-10-29)20-13-19(15-25-16-20)18-3-5-21(24)6-4-18/h3-6,13-16H,2,7-12H2,1H3,(H,26,27,28). The molecule has 1 N–H and O–H groups in total. The second-order valence-electron chi connectivity index (χ2n) is 7.39. The fraction of sp³-hybridized carbons (Fsp3) is 0.348. The Morgan fingerprint density at radius 3 is 2.57 bits per heavy atom. The number of hydrogen-bond donors (Lipinski definition) is 1. The summed E-state index contributed by atoms with van der Waals surface area (Å²) < 4.78 is 18.6. The SMILES string of the molecule is Cc1nc(NCCCN2CCOCC2)cc(-c2cncc(-c3ccc(F)cc3)c2)n1. The van der Waals surface area contributed by atoms with Crippen molar-refractivity contribution in [2.45, 2.75) is 13.3 Å². The number of morpholine rings is 1. The number of hydrogen-bond acceptors (Lipinski definition) is 6. The number of aryl methyl sites for hydroxylation is 1. The van der Waals surface area contributed by atoms with Crippen LogP contribution in [0.15, 0.2) is 48.8 Å². The highest BCUT2D eigenvalue weighted by atomic mass is 19.1. The van der Waals surface area contributed by atoms with Gasteiger partial charge in [0.25, 0.3) is 0 Å². The van der Waals surface area contributed by atoms with Crippen LogP contribution in [0.1, 0.15) is 12.2 Å². The third-order valence-electron chi connectivity index (χ3n) is 5.11. The lowest BCUT2D eigenvalue weighted by atomic mass is 10.0. The van der Waals surface area contributed by atoms with Gasteiger partial charge in [-0.15, -0.1) is 0 Å². The average molecular weight is 407 g/mol. The molecule has 0 bridgehead atoms. The highest BCUT2D eigenvalue weighted by molar-refractivity contribution is 5.71. The van der Waals surface area contributed by atoms with Crippen molar-refractivity contribution in [3.63, 3.8) is 0 Å². The van der Waals surface area contributed by atoms with Gasteiger partial charge in [-0.05, 0) is 43.7 Å². The third kappa shape index (κ3) is 5.37. The molecule has 0 spiro atoms. The summed E-state index contributed by atoms with van der Waals surface area (Å²) in [6.07, 6.45) is 4.60. The van der Waals surface area contributed by atoms with Crippen LogP contribution in [-0.2, 0) is 4.74 Å². The monoisotopic (exact) mass is 407 g/mol. The van der Waals surface area contributed by atoms with E-state index in [4.69, 9.17) is 4.74 Å². The number of benzene rings is 1. The average Bonchev–Trinajstić information content (AvgIpc) is 2.78. The van der Waals surface area contributed by atoms with E-state index in [1.807, 2.05) is 19.1 Å². The minimum absolute atomic E-state index is 0.251. The minimum atomic E-state index is -0.251. The fourth-order valence-electron chi connectivity index (χ4n) is 3.53. The van der Waals surface area contributed by atoms with Gasteiger partial charge in [-0.1, -0.05) is 12.1 Å². The lowest BCUT2D eigenvalue weighted by Gasteiger charge is -2.26. The molecule has 0 unspecified atom stereocenters. The van der Waals surface area contributed by atoms with Crippen LogP contribution in [0.25, 0.3) is 22.4 Å². The van der Waals surface area contributed by atoms with E-state index in [1.165, 1.54) is 12.1 Å². The van der Waals surface area contributed by atoms with Crippen LogP contribution in [-0.4, -0.2) is 59.2 Å². The largest absolute Gasteiger partial charge is 0.379 e. The van der Waals surface area contributed by atoms with E-state index in [0.717, 1.165) is 74.0 Å². The van der Waals surface area contributed by atoms with Crippen molar-refractivity contribution < 1.29 is 9.13 Å². The van der Waals surface area contributed by atoms with Crippen LogP contribution in [0.5, 0.6) is 0 Å². The predicted molar refractivity (Wildman–Crippen MR) is 116 cm³/mol. The molecule has 0 amide bonds. The van der Waals surface area contributed by atoms with E-state index in [-0.39, 0.29) is 5.82 Å². The van der Waals surface area contributed by atoms with E-state index in [1.54, 1.807) is 24.5 Å². The number of rotatable bonds is 7. The molecule has 30 heavy (non-hydrogen) atoms. The lowest BCUT2D eigenvalue weighted by Crippen LogP contribution is -2.37. The molecule has 4 rings (SSSR count). The lowest BCUT2D eigenvalue weighted by molar-refractivity contribution is 0.0378. The van der Waals surface area contributed by atoms with Crippen molar-refractivity contribution in [2.75, 3.05) is 44.7 Å². The van der Waals surface area contributed by atoms with Gasteiger partial charge >= 0.3 is 0 Å². The van der Waals surface area contributed by atoms with E-state index >= 15 is 0 Å². The Morgan fingerprint density at radius 1 is 1.00 bits per heavy atom.